The molecule has 1 aliphatic rings. The van der Waals surface area contributed by atoms with E-state index >= 15 is 0 Å². The van der Waals surface area contributed by atoms with Crippen molar-refractivity contribution >= 4 is 39.9 Å². The molecule has 100 valence electrons. The maximum atomic E-state index is 12.0. The molecular weight excluding hydrogens is 320 g/mol. The molecule has 1 aromatic rings. The van der Waals surface area contributed by atoms with Gasteiger partial charge < -0.3 is 15.4 Å². The normalized spacial score (nSPS) is 18.0. The lowest BCUT2D eigenvalue weighted by Crippen LogP contribution is -2.24. The number of anilines is 1. The van der Waals surface area contributed by atoms with Gasteiger partial charge in [-0.25, -0.2) is 0 Å². The van der Waals surface area contributed by atoms with Crippen LogP contribution >= 0.6 is 28.3 Å². The van der Waals surface area contributed by atoms with Crippen molar-refractivity contribution < 1.29 is 9.53 Å². The molecule has 1 amide bonds. The number of nitrogens with one attached hydrogen (secondary N) is 2. The number of carbonyl (C=O) groups is 1. The van der Waals surface area contributed by atoms with Crippen LogP contribution in [0.2, 0.25) is 0 Å². The Morgan fingerprint density at radius 1 is 1.56 bits per heavy atom. The second-order valence-corrected chi connectivity index (χ2v) is 4.88. The molecule has 1 saturated heterocycles. The van der Waals surface area contributed by atoms with E-state index < -0.39 is 0 Å². The number of amides is 1. The lowest BCUT2D eigenvalue weighted by Gasteiger charge is -2.12. The minimum Gasteiger partial charge on any atom is -0.497 e. The van der Waals surface area contributed by atoms with Crippen molar-refractivity contribution in [2.24, 2.45) is 5.92 Å². The predicted octanol–water partition coefficient (Wildman–Crippen LogP) is 2.43. The molecule has 0 saturated carbocycles. The number of carbonyl (C=O) groups excluding carboxylic acids is 1. The average molecular weight is 336 g/mol. The fraction of sp³-hybridized carbons (Fsp3) is 0.417. The summed E-state index contributed by atoms with van der Waals surface area (Å²) >= 11 is 3.41. The molecule has 1 atom stereocenters. The first-order chi connectivity index (χ1) is 8.20. The minimum absolute atomic E-state index is 0. The first-order valence-corrected chi connectivity index (χ1v) is 6.35. The first kappa shape index (κ1) is 15.3. The highest BCUT2D eigenvalue weighted by Gasteiger charge is 2.22. The van der Waals surface area contributed by atoms with Crippen LogP contribution in [0.4, 0.5) is 5.69 Å². The van der Waals surface area contributed by atoms with Gasteiger partial charge in [-0.2, -0.15) is 0 Å². The van der Waals surface area contributed by atoms with E-state index in [0.717, 1.165) is 35.4 Å². The topological polar surface area (TPSA) is 50.4 Å². The summed E-state index contributed by atoms with van der Waals surface area (Å²) in [6.07, 6.45) is 0.896. The Kier molecular flexibility index (Phi) is 5.91. The number of rotatable bonds is 3. The third-order valence-corrected chi connectivity index (χ3v) is 3.55. The third kappa shape index (κ3) is 3.60. The highest BCUT2D eigenvalue weighted by atomic mass is 79.9. The van der Waals surface area contributed by atoms with E-state index in [4.69, 9.17) is 4.74 Å². The maximum absolute atomic E-state index is 12.0. The van der Waals surface area contributed by atoms with Gasteiger partial charge in [0.05, 0.1) is 18.7 Å². The Morgan fingerprint density at radius 3 is 2.94 bits per heavy atom. The highest BCUT2D eigenvalue weighted by Crippen LogP contribution is 2.27. The van der Waals surface area contributed by atoms with Gasteiger partial charge in [0.25, 0.3) is 0 Å². The Balaban J connectivity index is 0.00000162. The predicted molar refractivity (Wildman–Crippen MR) is 77.5 cm³/mol. The van der Waals surface area contributed by atoms with Gasteiger partial charge in [0.2, 0.25) is 5.91 Å². The summed E-state index contributed by atoms with van der Waals surface area (Å²) in [6, 6.07) is 5.52. The number of halogens is 2. The molecule has 1 fully saturated rings. The lowest BCUT2D eigenvalue weighted by atomic mass is 10.1. The Morgan fingerprint density at radius 2 is 2.33 bits per heavy atom. The van der Waals surface area contributed by atoms with Crippen LogP contribution < -0.4 is 15.4 Å². The zero-order valence-electron chi connectivity index (χ0n) is 10.0. The maximum Gasteiger partial charge on any atom is 0.228 e. The van der Waals surface area contributed by atoms with E-state index in [2.05, 4.69) is 26.6 Å². The molecular formula is C12H16BrClN2O2. The summed E-state index contributed by atoms with van der Waals surface area (Å²) in [5.74, 6) is 0.852. The molecule has 2 rings (SSSR count). The summed E-state index contributed by atoms with van der Waals surface area (Å²) in [5, 5.41) is 6.10. The molecule has 2 N–H and O–H groups in total. The van der Waals surface area contributed by atoms with Gasteiger partial charge in [-0.3, -0.25) is 4.79 Å². The average Bonchev–Trinajstić information content (AvgIpc) is 2.85. The monoisotopic (exact) mass is 334 g/mol. The fourth-order valence-electron chi connectivity index (χ4n) is 1.84. The second-order valence-electron chi connectivity index (χ2n) is 4.02. The molecule has 1 unspecified atom stereocenters. The van der Waals surface area contributed by atoms with Crippen molar-refractivity contribution in [3.8, 4) is 5.75 Å². The van der Waals surface area contributed by atoms with Crippen LogP contribution in [-0.2, 0) is 4.79 Å². The molecule has 18 heavy (non-hydrogen) atoms. The number of hydrogen-bond donors (Lipinski definition) is 2. The molecule has 0 bridgehead atoms. The molecule has 0 aliphatic carbocycles. The molecule has 6 heteroatoms. The molecule has 4 nitrogen and oxygen atoms in total. The number of methoxy groups -OCH3 is 1. The van der Waals surface area contributed by atoms with E-state index in [9.17, 15) is 4.79 Å². The van der Waals surface area contributed by atoms with Crippen LogP contribution in [0.5, 0.6) is 5.75 Å². The van der Waals surface area contributed by atoms with E-state index in [0.29, 0.717) is 0 Å². The van der Waals surface area contributed by atoms with Crippen LogP contribution in [-0.4, -0.2) is 26.1 Å². The molecule has 1 aliphatic heterocycles. The van der Waals surface area contributed by atoms with E-state index in [1.807, 2.05) is 18.2 Å². The molecule has 0 radical (unpaired) electrons. The number of hydrogen-bond acceptors (Lipinski definition) is 3. The third-order valence-electron chi connectivity index (χ3n) is 2.86. The summed E-state index contributed by atoms with van der Waals surface area (Å²) in [6.45, 7) is 1.67. The number of ether oxygens (including phenoxy) is 1. The molecule has 0 aromatic heterocycles. The van der Waals surface area contributed by atoms with Gasteiger partial charge in [0.15, 0.2) is 0 Å². The van der Waals surface area contributed by atoms with Crippen LogP contribution in [0.25, 0.3) is 0 Å². The Bertz CT molecular complexity index is 423. The van der Waals surface area contributed by atoms with Crippen LogP contribution in [0.1, 0.15) is 6.42 Å². The Hall–Kier alpha value is -0.780. The highest BCUT2D eigenvalue weighted by molar-refractivity contribution is 9.10. The molecule has 1 heterocycles. The lowest BCUT2D eigenvalue weighted by molar-refractivity contribution is -0.119. The number of benzene rings is 1. The summed E-state index contributed by atoms with van der Waals surface area (Å²) < 4.78 is 5.99. The standard InChI is InChI=1S/C12H15BrN2O2.ClH/c1-17-9-2-3-10(13)11(6-9)15-12(16)8-4-5-14-7-8;/h2-3,6,8,14H,4-5,7H2,1H3,(H,15,16);1H. The van der Waals surface area contributed by atoms with Crippen molar-refractivity contribution in [1.29, 1.82) is 0 Å². The Labute approximate surface area is 121 Å². The van der Waals surface area contributed by atoms with Crippen molar-refractivity contribution in [2.75, 3.05) is 25.5 Å². The smallest absolute Gasteiger partial charge is 0.228 e. The van der Waals surface area contributed by atoms with Crippen molar-refractivity contribution in [1.82, 2.24) is 5.32 Å². The van der Waals surface area contributed by atoms with Crippen LogP contribution in [0.3, 0.4) is 0 Å². The zero-order chi connectivity index (χ0) is 12.3. The molecule has 0 spiro atoms. The van der Waals surface area contributed by atoms with Gasteiger partial charge in [0.1, 0.15) is 5.75 Å². The summed E-state index contributed by atoms with van der Waals surface area (Å²) in [4.78, 5) is 12.0. The quantitative estimate of drug-likeness (QED) is 0.892. The van der Waals surface area contributed by atoms with Crippen molar-refractivity contribution in [3.05, 3.63) is 22.7 Å². The zero-order valence-corrected chi connectivity index (χ0v) is 12.4. The SMILES string of the molecule is COc1ccc(Br)c(NC(=O)C2CCNC2)c1.Cl. The minimum atomic E-state index is 0. The molecule has 1 aromatic carbocycles. The van der Waals surface area contributed by atoms with Gasteiger partial charge in [-0.15, -0.1) is 12.4 Å². The van der Waals surface area contributed by atoms with Crippen molar-refractivity contribution in [2.45, 2.75) is 6.42 Å². The second kappa shape index (κ2) is 6.97. The van der Waals surface area contributed by atoms with E-state index in [-0.39, 0.29) is 24.2 Å². The summed E-state index contributed by atoms with van der Waals surface area (Å²) in [5.41, 5.74) is 0.751. The van der Waals surface area contributed by atoms with E-state index in [1.165, 1.54) is 0 Å². The van der Waals surface area contributed by atoms with Gasteiger partial charge >= 0.3 is 0 Å². The first-order valence-electron chi connectivity index (χ1n) is 5.56. The largest absolute Gasteiger partial charge is 0.497 e. The van der Waals surface area contributed by atoms with Crippen LogP contribution in [0.15, 0.2) is 22.7 Å². The summed E-state index contributed by atoms with van der Waals surface area (Å²) in [7, 11) is 1.61. The van der Waals surface area contributed by atoms with Gasteiger partial charge in [-0.1, -0.05) is 0 Å². The van der Waals surface area contributed by atoms with Gasteiger partial charge in [0, 0.05) is 17.1 Å². The van der Waals surface area contributed by atoms with Gasteiger partial charge in [-0.05, 0) is 41.0 Å². The fourth-order valence-corrected chi connectivity index (χ4v) is 2.19. The van der Waals surface area contributed by atoms with Crippen molar-refractivity contribution in [3.63, 3.8) is 0 Å². The van der Waals surface area contributed by atoms with E-state index in [1.54, 1.807) is 7.11 Å². The van der Waals surface area contributed by atoms with Crippen LogP contribution in [0, 0.1) is 5.92 Å².